The first kappa shape index (κ1) is 15.4. The number of Topliss-reactive ketones (excluding diaryl/α,β-unsaturated/α-hetero) is 1. The van der Waals surface area contributed by atoms with Gasteiger partial charge in [0, 0.05) is 23.5 Å². The highest BCUT2D eigenvalue weighted by atomic mass is 32.2. The second-order valence-electron chi connectivity index (χ2n) is 4.85. The molecule has 1 aromatic carbocycles. The summed E-state index contributed by atoms with van der Waals surface area (Å²) in [7, 11) is 0. The molecule has 0 aliphatic heterocycles. The monoisotopic (exact) mass is 328 g/mol. The molecule has 1 atom stereocenters. The Bertz CT molecular complexity index is 822. The number of nitrogens with zero attached hydrogens (tertiary/aromatic N) is 3. The number of hydrogen-bond acceptors (Lipinski definition) is 5. The topological polar surface area (TPSA) is 71.5 Å². The lowest BCUT2D eigenvalue weighted by molar-refractivity contribution is 0.0993. The number of carbonyl (C=O) groups is 1. The molecular formula is C16H13FN4OS. The maximum Gasteiger partial charge on any atom is 0.189 e. The summed E-state index contributed by atoms with van der Waals surface area (Å²) in [5.41, 5.74) is 1.21. The number of nitrogens with one attached hydrogen (secondary N) is 1. The maximum atomic E-state index is 13.2. The van der Waals surface area contributed by atoms with E-state index < -0.39 is 11.1 Å². The zero-order valence-electron chi connectivity index (χ0n) is 12.2. The highest BCUT2D eigenvalue weighted by Gasteiger charge is 2.19. The van der Waals surface area contributed by atoms with Gasteiger partial charge in [-0.1, -0.05) is 23.9 Å². The van der Waals surface area contributed by atoms with Crippen LogP contribution in [0.25, 0.3) is 11.4 Å². The molecule has 0 bridgehead atoms. The summed E-state index contributed by atoms with van der Waals surface area (Å²) in [4.78, 5) is 19.3. The minimum atomic E-state index is -0.423. The molecule has 0 radical (unpaired) electrons. The number of aromatic amines is 1. The Morgan fingerprint density at radius 3 is 2.74 bits per heavy atom. The molecular weight excluding hydrogens is 315 g/mol. The predicted octanol–water partition coefficient (Wildman–Crippen LogP) is 3.37. The van der Waals surface area contributed by atoms with Crippen molar-refractivity contribution in [1.82, 2.24) is 20.2 Å². The largest absolute Gasteiger partial charge is 0.316 e. The Balaban J connectivity index is 1.72. The van der Waals surface area contributed by atoms with Crippen LogP contribution in [0, 0.1) is 5.82 Å². The van der Waals surface area contributed by atoms with Crippen LogP contribution in [0.4, 0.5) is 4.39 Å². The van der Waals surface area contributed by atoms with Gasteiger partial charge in [0.25, 0.3) is 0 Å². The van der Waals surface area contributed by atoms with Crippen LogP contribution in [-0.2, 0) is 0 Å². The van der Waals surface area contributed by atoms with Crippen molar-refractivity contribution in [1.29, 1.82) is 0 Å². The molecule has 2 heterocycles. The summed E-state index contributed by atoms with van der Waals surface area (Å²) < 4.78 is 13.2. The molecule has 0 amide bonds. The lowest BCUT2D eigenvalue weighted by Gasteiger charge is -2.07. The lowest BCUT2D eigenvalue weighted by Crippen LogP contribution is -2.13. The third kappa shape index (κ3) is 3.62. The maximum absolute atomic E-state index is 13.2. The van der Waals surface area contributed by atoms with Crippen LogP contribution >= 0.6 is 11.8 Å². The number of rotatable bonds is 5. The number of halogens is 1. The van der Waals surface area contributed by atoms with E-state index in [9.17, 15) is 9.18 Å². The van der Waals surface area contributed by atoms with Crippen molar-refractivity contribution in [2.45, 2.75) is 17.3 Å². The molecule has 1 unspecified atom stereocenters. The quantitative estimate of drug-likeness (QED) is 0.574. The van der Waals surface area contributed by atoms with E-state index in [0.717, 1.165) is 5.56 Å². The number of hydrogen-bond donors (Lipinski definition) is 1. The average Bonchev–Trinajstić information content (AvgIpc) is 3.03. The molecule has 7 heteroatoms. The van der Waals surface area contributed by atoms with Crippen molar-refractivity contribution in [3.63, 3.8) is 0 Å². The van der Waals surface area contributed by atoms with E-state index in [1.165, 1.54) is 30.0 Å². The number of pyridine rings is 1. The predicted molar refractivity (Wildman–Crippen MR) is 85.7 cm³/mol. The highest BCUT2D eigenvalue weighted by molar-refractivity contribution is 8.00. The first-order valence-electron chi connectivity index (χ1n) is 6.93. The number of H-pyrrole nitrogens is 1. The minimum absolute atomic E-state index is 0.156. The fraction of sp³-hybridized carbons (Fsp3) is 0.125. The van der Waals surface area contributed by atoms with E-state index in [0.29, 0.717) is 16.5 Å². The van der Waals surface area contributed by atoms with E-state index in [-0.39, 0.29) is 5.78 Å². The van der Waals surface area contributed by atoms with E-state index in [1.54, 1.807) is 25.4 Å². The number of carbonyl (C=O) groups excluding carboxylic acids is 1. The smallest absolute Gasteiger partial charge is 0.189 e. The van der Waals surface area contributed by atoms with Gasteiger partial charge in [-0.25, -0.2) is 4.39 Å². The van der Waals surface area contributed by atoms with Crippen molar-refractivity contribution >= 4 is 17.5 Å². The zero-order chi connectivity index (χ0) is 16.2. The van der Waals surface area contributed by atoms with Gasteiger partial charge in [0.15, 0.2) is 16.8 Å². The normalized spacial score (nSPS) is 12.1. The molecule has 0 saturated heterocycles. The Morgan fingerprint density at radius 1 is 1.22 bits per heavy atom. The van der Waals surface area contributed by atoms with Gasteiger partial charge in [0.1, 0.15) is 5.82 Å². The van der Waals surface area contributed by atoms with Crippen molar-refractivity contribution < 1.29 is 9.18 Å². The summed E-state index contributed by atoms with van der Waals surface area (Å²) in [6.07, 6.45) is 3.33. The summed E-state index contributed by atoms with van der Waals surface area (Å²) in [5.74, 6) is 0.0318. The van der Waals surface area contributed by atoms with Crippen LogP contribution in [-0.4, -0.2) is 31.2 Å². The van der Waals surface area contributed by atoms with Gasteiger partial charge in [-0.2, -0.15) is 0 Å². The van der Waals surface area contributed by atoms with Gasteiger partial charge in [-0.05, 0) is 31.2 Å². The molecule has 1 N–H and O–H groups in total. The van der Waals surface area contributed by atoms with Crippen LogP contribution in [0.1, 0.15) is 17.3 Å². The fourth-order valence-electron chi connectivity index (χ4n) is 2.04. The third-order valence-electron chi connectivity index (χ3n) is 3.19. The molecule has 0 aliphatic carbocycles. The average molecular weight is 328 g/mol. The van der Waals surface area contributed by atoms with Gasteiger partial charge in [-0.15, -0.1) is 10.2 Å². The Morgan fingerprint density at radius 2 is 2.00 bits per heavy atom. The van der Waals surface area contributed by atoms with Gasteiger partial charge < -0.3 is 4.98 Å². The molecule has 5 nitrogen and oxygen atoms in total. The standard InChI is InChI=1S/C16H13FN4OS/c1-10(14(22)12-3-2-4-13(17)9-12)23-16-19-15(20-21-16)11-5-7-18-8-6-11/h2-10H,1H3,(H,19,20,21). The molecule has 2 aromatic heterocycles. The van der Waals surface area contributed by atoms with Crippen LogP contribution in [0.3, 0.4) is 0 Å². The summed E-state index contributed by atoms with van der Waals surface area (Å²) in [6.45, 7) is 1.76. The van der Waals surface area contributed by atoms with Gasteiger partial charge in [0.05, 0.1) is 5.25 Å². The number of benzene rings is 1. The van der Waals surface area contributed by atoms with Crippen LogP contribution in [0.15, 0.2) is 53.9 Å². The van der Waals surface area contributed by atoms with Crippen molar-refractivity contribution in [3.05, 3.63) is 60.2 Å². The summed E-state index contributed by atoms with van der Waals surface area (Å²) in [6, 6.07) is 9.31. The van der Waals surface area contributed by atoms with E-state index in [2.05, 4.69) is 20.2 Å². The van der Waals surface area contributed by atoms with Crippen molar-refractivity contribution in [2.75, 3.05) is 0 Å². The van der Waals surface area contributed by atoms with E-state index >= 15 is 0 Å². The van der Waals surface area contributed by atoms with E-state index in [4.69, 9.17) is 0 Å². The molecule has 3 aromatic rings. The zero-order valence-corrected chi connectivity index (χ0v) is 13.0. The Kier molecular flexibility index (Phi) is 4.47. The van der Waals surface area contributed by atoms with Crippen LogP contribution in [0.5, 0.6) is 0 Å². The van der Waals surface area contributed by atoms with E-state index in [1.807, 2.05) is 12.1 Å². The first-order chi connectivity index (χ1) is 11.1. The third-order valence-corrected chi connectivity index (χ3v) is 4.16. The molecule has 0 saturated carbocycles. The Labute approximate surface area is 136 Å². The molecule has 3 rings (SSSR count). The summed E-state index contributed by atoms with van der Waals surface area (Å²) in [5, 5.41) is 8.23. The van der Waals surface area contributed by atoms with Gasteiger partial charge in [0.2, 0.25) is 0 Å². The summed E-state index contributed by atoms with van der Waals surface area (Å²) >= 11 is 1.25. The number of thioether (sulfide) groups is 1. The minimum Gasteiger partial charge on any atom is -0.316 e. The first-order valence-corrected chi connectivity index (χ1v) is 7.81. The molecule has 23 heavy (non-hydrogen) atoms. The SMILES string of the molecule is CC(Sc1nnc(-c2ccncc2)[nH]1)C(=O)c1cccc(F)c1. The second-order valence-corrected chi connectivity index (χ2v) is 6.18. The number of aromatic nitrogens is 4. The van der Waals surface area contributed by atoms with Crippen molar-refractivity contribution in [2.24, 2.45) is 0 Å². The molecule has 0 aliphatic rings. The molecule has 116 valence electrons. The van der Waals surface area contributed by atoms with Gasteiger partial charge in [-0.3, -0.25) is 9.78 Å². The van der Waals surface area contributed by atoms with Gasteiger partial charge >= 0.3 is 0 Å². The fourth-order valence-corrected chi connectivity index (χ4v) is 2.86. The molecule has 0 spiro atoms. The van der Waals surface area contributed by atoms with Crippen LogP contribution in [0.2, 0.25) is 0 Å². The lowest BCUT2D eigenvalue weighted by atomic mass is 10.1. The number of ketones is 1. The highest BCUT2D eigenvalue weighted by Crippen LogP contribution is 2.24. The van der Waals surface area contributed by atoms with Crippen molar-refractivity contribution in [3.8, 4) is 11.4 Å². The second kappa shape index (κ2) is 6.70. The Hall–Kier alpha value is -2.54. The van der Waals surface area contributed by atoms with Crippen LogP contribution < -0.4 is 0 Å². The molecule has 0 fully saturated rings.